The molecular weight excluding hydrogens is 240 g/mol. The van der Waals surface area contributed by atoms with Crippen LogP contribution in [0.3, 0.4) is 0 Å². The Morgan fingerprint density at radius 3 is 1.55 bits per heavy atom. The lowest BCUT2D eigenvalue weighted by Gasteiger charge is -2.23. The molecule has 1 aliphatic rings. The Balaban J connectivity index is 2.14. The van der Waals surface area contributed by atoms with E-state index in [-0.39, 0.29) is 0 Å². The fourth-order valence-electron chi connectivity index (χ4n) is 4.06. The zero-order chi connectivity index (χ0) is 14.5. The third-order valence-electron chi connectivity index (χ3n) is 5.42. The van der Waals surface area contributed by atoms with Crippen LogP contribution < -0.4 is 0 Å². The molecular formula is C20H40. The van der Waals surface area contributed by atoms with Gasteiger partial charge in [0.05, 0.1) is 0 Å². The molecule has 0 spiro atoms. The van der Waals surface area contributed by atoms with Gasteiger partial charge in [-0.3, -0.25) is 0 Å². The van der Waals surface area contributed by atoms with Gasteiger partial charge in [0.1, 0.15) is 0 Å². The van der Waals surface area contributed by atoms with Crippen molar-refractivity contribution in [3.63, 3.8) is 0 Å². The predicted octanol–water partition coefficient (Wildman–Crippen LogP) is 7.51. The van der Waals surface area contributed by atoms with Crippen molar-refractivity contribution in [3.8, 4) is 0 Å². The molecule has 0 aromatic heterocycles. The minimum absolute atomic E-state index is 1.08. The molecule has 0 aromatic rings. The normalized spacial score (nSPS) is 16.4. The summed E-state index contributed by atoms with van der Waals surface area (Å²) in [6, 6.07) is 0. The molecule has 0 heterocycles. The summed E-state index contributed by atoms with van der Waals surface area (Å²) in [5, 5.41) is 0. The van der Waals surface area contributed by atoms with Gasteiger partial charge in [-0.1, -0.05) is 117 Å². The second-order valence-electron chi connectivity index (χ2n) is 7.21. The SMILES string of the molecule is CCCCCCCC(CCCCCCC)C1CCCC1. The van der Waals surface area contributed by atoms with Crippen LogP contribution in [0.4, 0.5) is 0 Å². The fourth-order valence-corrected chi connectivity index (χ4v) is 4.06. The van der Waals surface area contributed by atoms with Gasteiger partial charge in [-0.05, 0) is 11.8 Å². The summed E-state index contributed by atoms with van der Waals surface area (Å²) in [7, 11) is 0. The molecule has 0 heteroatoms. The molecule has 0 N–H and O–H groups in total. The van der Waals surface area contributed by atoms with E-state index in [1.165, 1.54) is 77.0 Å². The lowest BCUT2D eigenvalue weighted by atomic mass is 9.82. The van der Waals surface area contributed by atoms with E-state index in [4.69, 9.17) is 0 Å². The Bertz CT molecular complexity index is 176. The van der Waals surface area contributed by atoms with Gasteiger partial charge in [-0.2, -0.15) is 0 Å². The van der Waals surface area contributed by atoms with E-state index in [2.05, 4.69) is 13.8 Å². The van der Waals surface area contributed by atoms with E-state index in [0.717, 1.165) is 11.8 Å². The minimum Gasteiger partial charge on any atom is -0.0654 e. The summed E-state index contributed by atoms with van der Waals surface area (Å²) < 4.78 is 0. The molecule has 0 saturated heterocycles. The second kappa shape index (κ2) is 12.7. The van der Waals surface area contributed by atoms with E-state index in [9.17, 15) is 0 Å². The summed E-state index contributed by atoms with van der Waals surface area (Å²) in [5.41, 5.74) is 0. The van der Waals surface area contributed by atoms with Gasteiger partial charge in [0.2, 0.25) is 0 Å². The average molecular weight is 281 g/mol. The molecule has 0 radical (unpaired) electrons. The zero-order valence-corrected chi connectivity index (χ0v) is 14.5. The standard InChI is InChI=1S/C20H40/c1-3-5-7-9-11-15-19(20-17-13-14-18-20)16-12-10-8-6-4-2/h19-20H,3-18H2,1-2H3. The van der Waals surface area contributed by atoms with Crippen LogP contribution in [0.15, 0.2) is 0 Å². The van der Waals surface area contributed by atoms with Gasteiger partial charge < -0.3 is 0 Å². The smallest absolute Gasteiger partial charge is 0.0386 e. The van der Waals surface area contributed by atoms with Crippen LogP contribution in [-0.4, -0.2) is 0 Å². The van der Waals surface area contributed by atoms with E-state index < -0.39 is 0 Å². The van der Waals surface area contributed by atoms with E-state index in [1.807, 2.05) is 0 Å². The highest BCUT2D eigenvalue weighted by atomic mass is 14.3. The van der Waals surface area contributed by atoms with Crippen LogP contribution in [0.5, 0.6) is 0 Å². The van der Waals surface area contributed by atoms with E-state index >= 15 is 0 Å². The number of unbranched alkanes of at least 4 members (excludes halogenated alkanes) is 8. The van der Waals surface area contributed by atoms with Crippen molar-refractivity contribution in [1.82, 2.24) is 0 Å². The Hall–Kier alpha value is 0. The highest BCUT2D eigenvalue weighted by molar-refractivity contribution is 4.75. The molecule has 120 valence electrons. The summed E-state index contributed by atoms with van der Waals surface area (Å²) >= 11 is 0. The van der Waals surface area contributed by atoms with Gasteiger partial charge >= 0.3 is 0 Å². The minimum atomic E-state index is 1.08. The summed E-state index contributed by atoms with van der Waals surface area (Å²) in [4.78, 5) is 0. The molecule has 0 amide bonds. The summed E-state index contributed by atoms with van der Waals surface area (Å²) in [6.07, 6.45) is 23.8. The van der Waals surface area contributed by atoms with E-state index in [0.29, 0.717) is 0 Å². The van der Waals surface area contributed by atoms with E-state index in [1.54, 1.807) is 25.7 Å². The van der Waals surface area contributed by atoms with Crippen LogP contribution in [-0.2, 0) is 0 Å². The lowest BCUT2D eigenvalue weighted by molar-refractivity contribution is 0.281. The third kappa shape index (κ3) is 8.32. The molecule has 1 saturated carbocycles. The number of hydrogen-bond acceptors (Lipinski definition) is 0. The number of hydrogen-bond donors (Lipinski definition) is 0. The molecule has 0 atom stereocenters. The van der Waals surface area contributed by atoms with Crippen molar-refractivity contribution in [3.05, 3.63) is 0 Å². The predicted molar refractivity (Wildman–Crippen MR) is 92.2 cm³/mol. The van der Waals surface area contributed by atoms with Crippen molar-refractivity contribution in [2.24, 2.45) is 11.8 Å². The Morgan fingerprint density at radius 1 is 0.650 bits per heavy atom. The maximum atomic E-state index is 2.32. The third-order valence-corrected chi connectivity index (χ3v) is 5.42. The van der Waals surface area contributed by atoms with Gasteiger partial charge in [0, 0.05) is 0 Å². The Morgan fingerprint density at radius 2 is 1.10 bits per heavy atom. The molecule has 0 nitrogen and oxygen atoms in total. The first-order valence-electron chi connectivity index (χ1n) is 9.88. The van der Waals surface area contributed by atoms with Crippen LogP contribution in [0, 0.1) is 11.8 Å². The van der Waals surface area contributed by atoms with Gasteiger partial charge in [-0.25, -0.2) is 0 Å². The molecule has 1 fully saturated rings. The molecule has 0 bridgehead atoms. The summed E-state index contributed by atoms with van der Waals surface area (Å²) in [6.45, 7) is 4.63. The second-order valence-corrected chi connectivity index (χ2v) is 7.21. The number of rotatable bonds is 13. The molecule has 1 rings (SSSR count). The average Bonchev–Trinajstić information content (AvgIpc) is 2.98. The van der Waals surface area contributed by atoms with Gasteiger partial charge in [0.15, 0.2) is 0 Å². The van der Waals surface area contributed by atoms with Gasteiger partial charge in [-0.15, -0.1) is 0 Å². The van der Waals surface area contributed by atoms with Crippen molar-refractivity contribution >= 4 is 0 Å². The van der Waals surface area contributed by atoms with Crippen molar-refractivity contribution in [2.75, 3.05) is 0 Å². The van der Waals surface area contributed by atoms with Gasteiger partial charge in [0.25, 0.3) is 0 Å². The van der Waals surface area contributed by atoms with Crippen molar-refractivity contribution in [1.29, 1.82) is 0 Å². The molecule has 20 heavy (non-hydrogen) atoms. The quantitative estimate of drug-likeness (QED) is 0.306. The monoisotopic (exact) mass is 280 g/mol. The Labute approximate surface area is 129 Å². The molecule has 1 aliphatic carbocycles. The van der Waals surface area contributed by atoms with Crippen LogP contribution in [0.2, 0.25) is 0 Å². The van der Waals surface area contributed by atoms with Crippen LogP contribution >= 0.6 is 0 Å². The highest BCUT2D eigenvalue weighted by Gasteiger charge is 2.23. The first kappa shape index (κ1) is 18.1. The first-order chi connectivity index (χ1) is 9.88. The fraction of sp³-hybridized carbons (Fsp3) is 1.00. The zero-order valence-electron chi connectivity index (χ0n) is 14.5. The maximum absolute atomic E-state index is 2.32. The van der Waals surface area contributed by atoms with Crippen molar-refractivity contribution in [2.45, 2.75) is 117 Å². The molecule has 0 aliphatic heterocycles. The summed E-state index contributed by atoms with van der Waals surface area (Å²) in [5.74, 6) is 2.19. The van der Waals surface area contributed by atoms with Crippen molar-refractivity contribution < 1.29 is 0 Å². The van der Waals surface area contributed by atoms with Crippen LogP contribution in [0.1, 0.15) is 117 Å². The maximum Gasteiger partial charge on any atom is -0.0386 e. The topological polar surface area (TPSA) is 0 Å². The molecule has 0 aromatic carbocycles. The first-order valence-corrected chi connectivity index (χ1v) is 9.88. The molecule has 0 unspecified atom stereocenters. The largest absolute Gasteiger partial charge is 0.0654 e. The highest BCUT2D eigenvalue weighted by Crippen LogP contribution is 2.37. The van der Waals surface area contributed by atoms with Crippen LogP contribution in [0.25, 0.3) is 0 Å². The lowest BCUT2D eigenvalue weighted by Crippen LogP contribution is -2.12. The Kier molecular flexibility index (Phi) is 11.5.